The molecule has 0 bridgehead atoms. The lowest BCUT2D eigenvalue weighted by atomic mass is 10.0. The number of halogens is 1. The summed E-state index contributed by atoms with van der Waals surface area (Å²) in [5, 5.41) is 3.14. The summed E-state index contributed by atoms with van der Waals surface area (Å²) in [6.07, 6.45) is 4.43. The molecule has 2 aliphatic rings. The highest BCUT2D eigenvalue weighted by Gasteiger charge is 2.22. The van der Waals surface area contributed by atoms with Gasteiger partial charge in [-0.1, -0.05) is 54.9 Å². The standard InChI is InChI=1S/C25H21FN2OS/c26-18-7-5-6-16(14-18)24-20-10-3-4-11-22(20)30-23-13-12-17(15-21(23)28-24)25(29)27-19-8-1-2-9-19/h3-7,10-15,19H,1-2,8-9H2,(H,27,29). The number of rotatable bonds is 3. The number of nitrogens with one attached hydrogen (secondary N) is 1. The zero-order valence-electron chi connectivity index (χ0n) is 16.4. The molecule has 0 spiro atoms. The van der Waals surface area contributed by atoms with E-state index >= 15 is 0 Å². The Balaban J connectivity index is 1.58. The Morgan fingerprint density at radius 2 is 1.80 bits per heavy atom. The molecule has 0 atom stereocenters. The smallest absolute Gasteiger partial charge is 0.251 e. The molecule has 1 fully saturated rings. The van der Waals surface area contributed by atoms with Gasteiger partial charge in [-0.2, -0.15) is 0 Å². The molecule has 1 saturated carbocycles. The zero-order valence-corrected chi connectivity index (χ0v) is 17.2. The van der Waals surface area contributed by atoms with E-state index in [1.807, 2.05) is 48.5 Å². The van der Waals surface area contributed by atoms with Crippen molar-refractivity contribution in [1.29, 1.82) is 0 Å². The minimum atomic E-state index is -0.297. The molecule has 1 aliphatic heterocycles. The fourth-order valence-corrected chi connectivity index (χ4v) is 5.08. The van der Waals surface area contributed by atoms with E-state index in [1.54, 1.807) is 17.8 Å². The topological polar surface area (TPSA) is 41.5 Å². The number of carbonyl (C=O) groups excluding carboxylic acids is 1. The van der Waals surface area contributed by atoms with Gasteiger partial charge in [-0.15, -0.1) is 0 Å². The van der Waals surface area contributed by atoms with Crippen molar-refractivity contribution in [3.05, 3.63) is 89.2 Å². The average molecular weight is 417 g/mol. The Bertz CT molecular complexity index is 1150. The van der Waals surface area contributed by atoms with E-state index in [2.05, 4.69) is 5.32 Å². The molecule has 1 amide bonds. The van der Waals surface area contributed by atoms with E-state index in [0.29, 0.717) is 11.3 Å². The minimum Gasteiger partial charge on any atom is -0.349 e. The first kappa shape index (κ1) is 19.1. The second-order valence-electron chi connectivity index (χ2n) is 7.71. The molecule has 3 aromatic carbocycles. The predicted molar refractivity (Wildman–Crippen MR) is 118 cm³/mol. The molecule has 3 nitrogen and oxygen atoms in total. The van der Waals surface area contributed by atoms with Gasteiger partial charge in [0.05, 0.1) is 11.4 Å². The minimum absolute atomic E-state index is 0.0565. The Labute approximate surface area is 179 Å². The van der Waals surface area contributed by atoms with Crippen molar-refractivity contribution < 1.29 is 9.18 Å². The van der Waals surface area contributed by atoms with Gasteiger partial charge in [0.1, 0.15) is 5.82 Å². The lowest BCUT2D eigenvalue weighted by molar-refractivity contribution is 0.0938. The van der Waals surface area contributed by atoms with Crippen LogP contribution >= 0.6 is 11.8 Å². The summed E-state index contributed by atoms with van der Waals surface area (Å²) in [6.45, 7) is 0. The number of hydrogen-bond donors (Lipinski definition) is 1. The molecule has 0 unspecified atom stereocenters. The third-order valence-corrected chi connectivity index (χ3v) is 6.74. The molecule has 0 radical (unpaired) electrons. The fraction of sp³-hybridized carbons (Fsp3) is 0.200. The van der Waals surface area contributed by atoms with Crippen LogP contribution < -0.4 is 5.32 Å². The van der Waals surface area contributed by atoms with Crippen molar-refractivity contribution >= 4 is 29.1 Å². The van der Waals surface area contributed by atoms with Crippen LogP contribution in [0.15, 0.2) is 81.5 Å². The maximum Gasteiger partial charge on any atom is 0.251 e. The van der Waals surface area contributed by atoms with Gasteiger partial charge in [0.25, 0.3) is 5.91 Å². The summed E-state index contributed by atoms with van der Waals surface area (Å²) < 4.78 is 13.9. The Hall–Kier alpha value is -2.92. The first-order valence-corrected chi connectivity index (χ1v) is 11.1. The van der Waals surface area contributed by atoms with Crippen LogP contribution in [0.1, 0.15) is 47.2 Å². The Morgan fingerprint density at radius 1 is 0.967 bits per heavy atom. The van der Waals surface area contributed by atoms with Crippen molar-refractivity contribution in [3.8, 4) is 0 Å². The summed E-state index contributed by atoms with van der Waals surface area (Å²) in [5.41, 5.74) is 3.73. The molecule has 0 aromatic heterocycles. The quantitative estimate of drug-likeness (QED) is 0.436. The van der Waals surface area contributed by atoms with Crippen LogP contribution in [0.2, 0.25) is 0 Å². The molecule has 1 N–H and O–H groups in total. The molecular weight excluding hydrogens is 395 g/mol. The summed E-state index contributed by atoms with van der Waals surface area (Å²) >= 11 is 1.62. The molecule has 3 aromatic rings. The van der Waals surface area contributed by atoms with Crippen LogP contribution in [0.25, 0.3) is 0 Å². The third kappa shape index (κ3) is 3.77. The molecule has 5 heteroatoms. The molecule has 150 valence electrons. The van der Waals surface area contributed by atoms with Gasteiger partial charge in [0, 0.05) is 32.5 Å². The van der Waals surface area contributed by atoms with Gasteiger partial charge in [0.15, 0.2) is 0 Å². The predicted octanol–water partition coefficient (Wildman–Crippen LogP) is 6.13. The van der Waals surface area contributed by atoms with E-state index in [9.17, 15) is 9.18 Å². The number of hydrogen-bond acceptors (Lipinski definition) is 3. The van der Waals surface area contributed by atoms with Crippen LogP contribution in [0.3, 0.4) is 0 Å². The highest BCUT2D eigenvalue weighted by molar-refractivity contribution is 7.99. The molecule has 1 aliphatic carbocycles. The Morgan fingerprint density at radius 3 is 2.63 bits per heavy atom. The molecule has 0 saturated heterocycles. The van der Waals surface area contributed by atoms with Gasteiger partial charge in [-0.25, -0.2) is 9.38 Å². The first-order valence-electron chi connectivity index (χ1n) is 10.2. The van der Waals surface area contributed by atoms with Crippen molar-refractivity contribution in [1.82, 2.24) is 5.32 Å². The summed E-state index contributed by atoms with van der Waals surface area (Å²) in [5.74, 6) is -0.353. The van der Waals surface area contributed by atoms with Crippen LogP contribution in [0, 0.1) is 5.82 Å². The van der Waals surface area contributed by atoms with Gasteiger partial charge >= 0.3 is 0 Å². The maximum absolute atomic E-state index is 13.9. The lowest BCUT2D eigenvalue weighted by Gasteiger charge is -2.13. The van der Waals surface area contributed by atoms with E-state index < -0.39 is 0 Å². The SMILES string of the molecule is O=C(NC1CCCC1)c1ccc2c(c1)N=C(c1cccc(F)c1)c1ccccc1S2. The second-order valence-corrected chi connectivity index (χ2v) is 8.79. The lowest BCUT2D eigenvalue weighted by Crippen LogP contribution is -2.32. The number of nitrogens with zero attached hydrogens (tertiary/aromatic N) is 1. The molecule has 5 rings (SSSR count). The van der Waals surface area contributed by atoms with E-state index in [-0.39, 0.29) is 17.8 Å². The third-order valence-electron chi connectivity index (χ3n) is 5.60. The second kappa shape index (κ2) is 8.07. The highest BCUT2D eigenvalue weighted by Crippen LogP contribution is 2.41. The van der Waals surface area contributed by atoms with Crippen molar-refractivity contribution in [2.24, 2.45) is 4.99 Å². The molecular formula is C25H21FN2OS. The molecule has 1 heterocycles. The van der Waals surface area contributed by atoms with Crippen LogP contribution in [0.4, 0.5) is 10.1 Å². The zero-order chi connectivity index (χ0) is 20.5. The maximum atomic E-state index is 13.9. The van der Waals surface area contributed by atoms with Gasteiger partial charge in [-0.3, -0.25) is 4.79 Å². The van der Waals surface area contributed by atoms with Crippen LogP contribution in [-0.2, 0) is 0 Å². The van der Waals surface area contributed by atoms with E-state index in [1.165, 1.54) is 25.0 Å². The normalized spacial score (nSPS) is 15.7. The Kier molecular flexibility index (Phi) is 5.13. The van der Waals surface area contributed by atoms with Gasteiger partial charge < -0.3 is 5.32 Å². The van der Waals surface area contributed by atoms with Crippen molar-refractivity contribution in [2.45, 2.75) is 41.5 Å². The van der Waals surface area contributed by atoms with Crippen LogP contribution in [-0.4, -0.2) is 17.7 Å². The first-order chi connectivity index (χ1) is 14.7. The van der Waals surface area contributed by atoms with E-state index in [0.717, 1.165) is 39.4 Å². The number of aliphatic imine (C=N–C) groups is 1. The summed E-state index contributed by atoms with van der Waals surface area (Å²) in [4.78, 5) is 19.7. The number of fused-ring (bicyclic) bond motifs is 2. The summed E-state index contributed by atoms with van der Waals surface area (Å²) in [6, 6.07) is 20.4. The van der Waals surface area contributed by atoms with Crippen molar-refractivity contribution in [3.63, 3.8) is 0 Å². The summed E-state index contributed by atoms with van der Waals surface area (Å²) in [7, 11) is 0. The largest absolute Gasteiger partial charge is 0.349 e. The van der Waals surface area contributed by atoms with Crippen LogP contribution in [0.5, 0.6) is 0 Å². The van der Waals surface area contributed by atoms with Gasteiger partial charge in [-0.05, 0) is 49.2 Å². The number of amides is 1. The monoisotopic (exact) mass is 416 g/mol. The fourth-order valence-electron chi connectivity index (χ4n) is 4.08. The van der Waals surface area contributed by atoms with Gasteiger partial charge in [0.2, 0.25) is 0 Å². The number of benzene rings is 3. The number of carbonyl (C=O) groups is 1. The average Bonchev–Trinajstić information content (AvgIpc) is 3.20. The highest BCUT2D eigenvalue weighted by atomic mass is 32.2. The van der Waals surface area contributed by atoms with Crippen molar-refractivity contribution in [2.75, 3.05) is 0 Å². The molecule has 30 heavy (non-hydrogen) atoms. The van der Waals surface area contributed by atoms with E-state index in [4.69, 9.17) is 4.99 Å².